The van der Waals surface area contributed by atoms with Gasteiger partial charge < -0.3 is 10.5 Å². The summed E-state index contributed by atoms with van der Waals surface area (Å²) in [6.45, 7) is 0.271. The van der Waals surface area contributed by atoms with Crippen molar-refractivity contribution in [1.29, 1.82) is 0 Å². The van der Waals surface area contributed by atoms with E-state index in [-0.39, 0.29) is 12.4 Å². The number of hydrogen-bond donors (Lipinski definition) is 2. The fourth-order valence-electron chi connectivity index (χ4n) is 2.00. The minimum Gasteiger partial charge on any atom is -0.486 e. The van der Waals surface area contributed by atoms with Gasteiger partial charge in [-0.05, 0) is 29.8 Å². The summed E-state index contributed by atoms with van der Waals surface area (Å²) in [7, 11) is 0. The van der Waals surface area contributed by atoms with E-state index in [1.165, 1.54) is 12.1 Å². The molecule has 0 fully saturated rings. The van der Waals surface area contributed by atoms with Crippen LogP contribution in [-0.4, -0.2) is 15.2 Å². The summed E-state index contributed by atoms with van der Waals surface area (Å²) >= 11 is 0. The van der Waals surface area contributed by atoms with Gasteiger partial charge in [-0.3, -0.25) is 5.10 Å². The Hall–Kier alpha value is -2.73. The van der Waals surface area contributed by atoms with Gasteiger partial charge in [0.25, 0.3) is 0 Å². The lowest BCUT2D eigenvalue weighted by Gasteiger charge is -2.07. The second-order valence-corrected chi connectivity index (χ2v) is 4.77. The van der Waals surface area contributed by atoms with E-state index < -0.39 is 6.04 Å². The first-order valence-corrected chi connectivity index (χ1v) is 6.82. The van der Waals surface area contributed by atoms with Gasteiger partial charge in [-0.2, -0.15) is 5.10 Å². The zero-order valence-electron chi connectivity index (χ0n) is 11.7. The highest BCUT2D eigenvalue weighted by atomic mass is 19.1. The molecule has 1 heterocycles. The molecule has 5 nitrogen and oxygen atoms in total. The summed E-state index contributed by atoms with van der Waals surface area (Å²) < 4.78 is 18.5. The van der Waals surface area contributed by atoms with Crippen LogP contribution in [0, 0.1) is 5.82 Å². The molecule has 6 heteroatoms. The van der Waals surface area contributed by atoms with E-state index in [2.05, 4.69) is 15.2 Å². The second kappa shape index (κ2) is 6.36. The molecular formula is C16H15FN4O. The Morgan fingerprint density at radius 3 is 2.55 bits per heavy atom. The van der Waals surface area contributed by atoms with Crippen LogP contribution >= 0.6 is 0 Å². The Morgan fingerprint density at radius 1 is 1.09 bits per heavy atom. The van der Waals surface area contributed by atoms with Crippen LogP contribution in [0.3, 0.4) is 0 Å². The van der Waals surface area contributed by atoms with Crippen molar-refractivity contribution in [2.75, 3.05) is 0 Å². The smallest absolute Gasteiger partial charge is 0.172 e. The molecule has 0 spiro atoms. The lowest BCUT2D eigenvalue weighted by atomic mass is 10.1. The molecule has 0 aliphatic rings. The molecule has 2 aromatic carbocycles. The molecule has 0 aliphatic heterocycles. The highest BCUT2D eigenvalue weighted by Gasteiger charge is 2.14. The topological polar surface area (TPSA) is 76.8 Å². The number of para-hydroxylation sites is 1. The van der Waals surface area contributed by atoms with Gasteiger partial charge in [0.1, 0.15) is 18.2 Å². The number of benzene rings is 2. The Balaban J connectivity index is 1.66. The van der Waals surface area contributed by atoms with E-state index in [4.69, 9.17) is 10.5 Å². The van der Waals surface area contributed by atoms with Crippen LogP contribution in [0.4, 0.5) is 4.39 Å². The Morgan fingerprint density at radius 2 is 1.82 bits per heavy atom. The maximum atomic E-state index is 12.9. The molecule has 0 bridgehead atoms. The van der Waals surface area contributed by atoms with Crippen LogP contribution in [0.5, 0.6) is 5.75 Å². The molecule has 1 aromatic heterocycles. The molecule has 0 aliphatic carbocycles. The molecule has 0 amide bonds. The first kappa shape index (κ1) is 14.2. The van der Waals surface area contributed by atoms with Crippen molar-refractivity contribution in [3.05, 3.63) is 77.6 Å². The summed E-state index contributed by atoms with van der Waals surface area (Å²) in [5, 5.41) is 6.89. The van der Waals surface area contributed by atoms with Gasteiger partial charge >= 0.3 is 0 Å². The molecule has 0 saturated carbocycles. The largest absolute Gasteiger partial charge is 0.486 e. The molecule has 3 N–H and O–H groups in total. The lowest BCUT2D eigenvalue weighted by Crippen LogP contribution is -2.13. The van der Waals surface area contributed by atoms with Crippen LogP contribution in [0.15, 0.2) is 54.6 Å². The third-order valence-electron chi connectivity index (χ3n) is 3.18. The van der Waals surface area contributed by atoms with E-state index in [0.717, 1.165) is 11.3 Å². The van der Waals surface area contributed by atoms with Gasteiger partial charge in [0.05, 0.1) is 6.04 Å². The van der Waals surface area contributed by atoms with Crippen LogP contribution in [-0.2, 0) is 6.61 Å². The van der Waals surface area contributed by atoms with Crippen molar-refractivity contribution >= 4 is 0 Å². The first-order valence-electron chi connectivity index (χ1n) is 6.82. The summed E-state index contributed by atoms with van der Waals surface area (Å²) in [6, 6.07) is 14.9. The van der Waals surface area contributed by atoms with Crippen LogP contribution in [0.25, 0.3) is 0 Å². The normalized spacial score (nSPS) is 12.1. The minimum atomic E-state index is -0.512. The molecule has 0 radical (unpaired) electrons. The predicted octanol–water partition coefficient (Wildman–Crippen LogP) is 2.57. The molecule has 112 valence electrons. The third kappa shape index (κ3) is 3.29. The van der Waals surface area contributed by atoms with Crippen molar-refractivity contribution in [2.24, 2.45) is 5.73 Å². The van der Waals surface area contributed by atoms with Crippen LogP contribution < -0.4 is 10.5 Å². The summed E-state index contributed by atoms with van der Waals surface area (Å²) in [4.78, 5) is 4.31. The number of H-pyrrole nitrogens is 1. The monoisotopic (exact) mass is 298 g/mol. The Labute approximate surface area is 127 Å². The zero-order valence-corrected chi connectivity index (χ0v) is 11.7. The van der Waals surface area contributed by atoms with E-state index in [0.29, 0.717) is 11.6 Å². The number of rotatable bonds is 5. The van der Waals surface area contributed by atoms with Crippen LogP contribution in [0.2, 0.25) is 0 Å². The SMILES string of the molecule is NC(c1ccc(F)cc1)c1n[nH]c(COc2ccccc2)n1. The number of halogens is 1. The molecule has 22 heavy (non-hydrogen) atoms. The van der Waals surface area contributed by atoms with Crippen LogP contribution in [0.1, 0.15) is 23.3 Å². The van der Waals surface area contributed by atoms with Crippen molar-refractivity contribution in [1.82, 2.24) is 15.2 Å². The van der Waals surface area contributed by atoms with Gasteiger partial charge in [-0.15, -0.1) is 0 Å². The predicted molar refractivity (Wildman–Crippen MR) is 79.6 cm³/mol. The number of aromatic nitrogens is 3. The van der Waals surface area contributed by atoms with Crippen molar-refractivity contribution < 1.29 is 9.13 Å². The zero-order chi connectivity index (χ0) is 15.4. The quantitative estimate of drug-likeness (QED) is 0.759. The highest BCUT2D eigenvalue weighted by Crippen LogP contribution is 2.17. The van der Waals surface area contributed by atoms with E-state index in [9.17, 15) is 4.39 Å². The summed E-state index contributed by atoms with van der Waals surface area (Å²) in [5.41, 5.74) is 6.82. The maximum Gasteiger partial charge on any atom is 0.172 e. The first-order chi connectivity index (χ1) is 10.7. The number of aromatic amines is 1. The number of nitrogens with two attached hydrogens (primary N) is 1. The number of nitrogens with zero attached hydrogens (tertiary/aromatic N) is 2. The molecule has 3 aromatic rings. The molecule has 1 atom stereocenters. The average molecular weight is 298 g/mol. The number of nitrogens with one attached hydrogen (secondary N) is 1. The van der Waals surface area contributed by atoms with Gasteiger partial charge in [0, 0.05) is 0 Å². The van der Waals surface area contributed by atoms with Gasteiger partial charge in [0.2, 0.25) is 0 Å². The van der Waals surface area contributed by atoms with E-state index in [1.807, 2.05) is 30.3 Å². The fourth-order valence-corrected chi connectivity index (χ4v) is 2.00. The molecule has 1 unspecified atom stereocenters. The van der Waals surface area contributed by atoms with Crippen molar-refractivity contribution in [3.63, 3.8) is 0 Å². The van der Waals surface area contributed by atoms with E-state index in [1.54, 1.807) is 12.1 Å². The Kier molecular flexibility index (Phi) is 4.11. The van der Waals surface area contributed by atoms with Crippen molar-refractivity contribution in [3.8, 4) is 5.75 Å². The maximum absolute atomic E-state index is 12.9. The lowest BCUT2D eigenvalue weighted by molar-refractivity contribution is 0.296. The Bertz CT molecular complexity index is 727. The van der Waals surface area contributed by atoms with Gasteiger partial charge in [0.15, 0.2) is 11.6 Å². The summed E-state index contributed by atoms with van der Waals surface area (Å²) in [5.74, 6) is 1.47. The summed E-state index contributed by atoms with van der Waals surface area (Å²) in [6.07, 6.45) is 0. The molecular weight excluding hydrogens is 283 g/mol. The average Bonchev–Trinajstić information content (AvgIpc) is 3.03. The fraction of sp³-hybridized carbons (Fsp3) is 0.125. The number of ether oxygens (including phenoxy) is 1. The molecule has 3 rings (SSSR count). The van der Waals surface area contributed by atoms with Gasteiger partial charge in [-0.1, -0.05) is 30.3 Å². The number of hydrogen-bond acceptors (Lipinski definition) is 4. The van der Waals surface area contributed by atoms with E-state index >= 15 is 0 Å². The molecule has 0 saturated heterocycles. The standard InChI is InChI=1S/C16H15FN4O/c17-12-8-6-11(7-9-12)15(18)16-19-14(20-21-16)10-22-13-4-2-1-3-5-13/h1-9,15H,10,18H2,(H,19,20,21). The van der Waals surface area contributed by atoms with Crippen molar-refractivity contribution in [2.45, 2.75) is 12.6 Å². The third-order valence-corrected chi connectivity index (χ3v) is 3.18. The minimum absolute atomic E-state index is 0.271. The van der Waals surface area contributed by atoms with Gasteiger partial charge in [-0.25, -0.2) is 9.37 Å². The second-order valence-electron chi connectivity index (χ2n) is 4.77. The highest BCUT2D eigenvalue weighted by molar-refractivity contribution is 5.25.